The molecule has 1 N–H and O–H groups in total. The molecule has 4 rings (SSSR count). The van der Waals surface area contributed by atoms with E-state index in [0.29, 0.717) is 37.1 Å². The van der Waals surface area contributed by atoms with Gasteiger partial charge in [-0.2, -0.15) is 0 Å². The van der Waals surface area contributed by atoms with E-state index in [1.165, 1.54) is 24.3 Å². The number of nitrogens with one attached hydrogen (secondary N) is 1. The van der Waals surface area contributed by atoms with Crippen LogP contribution in [0.15, 0.2) is 48.5 Å². The van der Waals surface area contributed by atoms with Crippen molar-refractivity contribution in [1.82, 2.24) is 15.1 Å². The number of nitrogens with zero attached hydrogens (tertiary/aromatic N) is 2. The molecule has 0 aliphatic carbocycles. The third kappa shape index (κ3) is 4.55. The van der Waals surface area contributed by atoms with Crippen LogP contribution >= 0.6 is 0 Å². The second-order valence-electron chi connectivity index (χ2n) is 9.23. The van der Waals surface area contributed by atoms with Gasteiger partial charge in [0.25, 0.3) is 11.8 Å². The fourth-order valence-corrected chi connectivity index (χ4v) is 4.72. The second-order valence-corrected chi connectivity index (χ2v) is 9.23. The van der Waals surface area contributed by atoms with E-state index in [0.717, 1.165) is 5.56 Å². The van der Waals surface area contributed by atoms with Crippen molar-refractivity contribution in [3.05, 3.63) is 71.0 Å². The maximum atomic E-state index is 13.8. The molecule has 7 nitrogen and oxygen atoms in total. The zero-order valence-electron chi connectivity index (χ0n) is 19.7. The van der Waals surface area contributed by atoms with Gasteiger partial charge in [-0.1, -0.05) is 18.2 Å². The van der Waals surface area contributed by atoms with Gasteiger partial charge >= 0.3 is 0 Å². The summed E-state index contributed by atoms with van der Waals surface area (Å²) in [6.45, 7) is 6.41. The summed E-state index contributed by atoms with van der Waals surface area (Å²) >= 11 is 0. The number of hydrogen-bond acceptors (Lipinski definition) is 4. The first-order chi connectivity index (χ1) is 16.2. The van der Waals surface area contributed by atoms with Gasteiger partial charge in [0, 0.05) is 43.1 Å². The normalized spacial score (nSPS) is 19.5. The fraction of sp³-hybridized carbons (Fsp3) is 0.423. The lowest BCUT2D eigenvalue weighted by Crippen LogP contribution is -2.60. The van der Waals surface area contributed by atoms with Crippen LogP contribution in [0.5, 0.6) is 0 Å². The minimum atomic E-state index is -0.974. The van der Waals surface area contributed by atoms with Crippen molar-refractivity contribution >= 4 is 17.7 Å². The highest BCUT2D eigenvalue weighted by Gasteiger charge is 2.54. The Balaban J connectivity index is 1.59. The smallest absolute Gasteiger partial charge is 0.257 e. The van der Waals surface area contributed by atoms with E-state index < -0.39 is 17.6 Å². The molecular formula is C26H30FN3O4. The molecule has 34 heavy (non-hydrogen) atoms. The Labute approximate surface area is 198 Å². The molecule has 2 saturated heterocycles. The summed E-state index contributed by atoms with van der Waals surface area (Å²) in [6.07, 6.45) is 0.756. The average molecular weight is 468 g/mol. The molecular weight excluding hydrogens is 437 g/mol. The largest absolute Gasteiger partial charge is 0.353 e. The first-order valence-electron chi connectivity index (χ1n) is 11.6. The number of carbonyl (C=O) groups excluding carboxylic acids is 3. The zero-order valence-corrected chi connectivity index (χ0v) is 19.7. The highest BCUT2D eigenvalue weighted by molar-refractivity contribution is 5.99. The summed E-state index contributed by atoms with van der Waals surface area (Å²) in [4.78, 5) is 43.0. The predicted molar refractivity (Wildman–Crippen MR) is 125 cm³/mol. The van der Waals surface area contributed by atoms with Crippen LogP contribution in [-0.4, -0.2) is 65.0 Å². The van der Waals surface area contributed by atoms with Crippen LogP contribution < -0.4 is 5.32 Å². The van der Waals surface area contributed by atoms with Crippen molar-refractivity contribution in [1.29, 1.82) is 0 Å². The highest BCUT2D eigenvalue weighted by atomic mass is 19.1. The Morgan fingerprint density at radius 2 is 1.68 bits per heavy atom. The summed E-state index contributed by atoms with van der Waals surface area (Å²) in [6, 6.07) is 11.9. The van der Waals surface area contributed by atoms with E-state index in [9.17, 15) is 18.8 Å². The van der Waals surface area contributed by atoms with Crippen molar-refractivity contribution in [3.8, 4) is 0 Å². The third-order valence-electron chi connectivity index (χ3n) is 6.51. The van der Waals surface area contributed by atoms with Gasteiger partial charge in [0.05, 0.1) is 6.61 Å². The molecule has 1 atom stereocenters. The van der Waals surface area contributed by atoms with Gasteiger partial charge in [-0.15, -0.1) is 0 Å². The van der Waals surface area contributed by atoms with Crippen molar-refractivity contribution in [2.24, 2.45) is 0 Å². The number of hydrogen-bond donors (Lipinski definition) is 1. The van der Waals surface area contributed by atoms with Gasteiger partial charge in [-0.25, -0.2) is 4.39 Å². The maximum absolute atomic E-state index is 13.8. The van der Waals surface area contributed by atoms with E-state index in [4.69, 9.17) is 4.74 Å². The number of rotatable bonds is 4. The van der Waals surface area contributed by atoms with E-state index >= 15 is 0 Å². The lowest BCUT2D eigenvalue weighted by Gasteiger charge is -2.44. The predicted octanol–water partition coefficient (Wildman–Crippen LogP) is 3.13. The van der Waals surface area contributed by atoms with Crippen molar-refractivity contribution in [3.63, 3.8) is 0 Å². The standard InChI is InChI=1S/C26H30FN3O4/c1-17(2)28-23(31)22-16-34-26(30(22)25(33)21-7-5-4-6-18(21)3)12-14-29(15-13-26)24(32)19-8-10-20(27)11-9-19/h4-11,17,22H,12-16H2,1-3H3,(H,28,31)/t22-/m1/s1. The van der Waals surface area contributed by atoms with Crippen LogP contribution in [0, 0.1) is 12.7 Å². The number of benzene rings is 2. The lowest BCUT2D eigenvalue weighted by atomic mass is 9.95. The molecule has 8 heteroatoms. The molecule has 0 unspecified atom stereocenters. The van der Waals surface area contributed by atoms with Gasteiger partial charge in [0.1, 0.15) is 17.6 Å². The average Bonchev–Trinajstić information content (AvgIpc) is 3.18. The lowest BCUT2D eigenvalue weighted by molar-refractivity contribution is -0.128. The van der Waals surface area contributed by atoms with Crippen LogP contribution in [0.4, 0.5) is 4.39 Å². The summed E-state index contributed by atoms with van der Waals surface area (Å²) < 4.78 is 19.4. The fourth-order valence-electron chi connectivity index (χ4n) is 4.72. The van der Waals surface area contributed by atoms with E-state index in [-0.39, 0.29) is 30.4 Å². The summed E-state index contributed by atoms with van der Waals surface area (Å²) in [5.41, 5.74) is 0.783. The van der Waals surface area contributed by atoms with E-state index in [1.807, 2.05) is 32.9 Å². The molecule has 0 saturated carbocycles. The Morgan fingerprint density at radius 1 is 1.03 bits per heavy atom. The summed E-state index contributed by atoms with van der Waals surface area (Å²) in [7, 11) is 0. The third-order valence-corrected chi connectivity index (χ3v) is 6.51. The number of ether oxygens (including phenoxy) is 1. The van der Waals surface area contributed by atoms with Crippen LogP contribution in [0.2, 0.25) is 0 Å². The number of piperidine rings is 1. The second kappa shape index (κ2) is 9.54. The Kier molecular flexibility index (Phi) is 6.70. The van der Waals surface area contributed by atoms with Crippen LogP contribution in [0.1, 0.15) is 53.0 Å². The molecule has 2 fully saturated rings. The molecule has 0 radical (unpaired) electrons. The first-order valence-corrected chi connectivity index (χ1v) is 11.6. The molecule has 1 spiro atoms. The monoisotopic (exact) mass is 467 g/mol. The Bertz CT molecular complexity index is 1080. The van der Waals surface area contributed by atoms with Gasteiger partial charge in [-0.3, -0.25) is 19.3 Å². The van der Waals surface area contributed by atoms with Crippen molar-refractivity contribution < 1.29 is 23.5 Å². The van der Waals surface area contributed by atoms with Crippen molar-refractivity contribution in [2.45, 2.75) is 51.4 Å². The van der Waals surface area contributed by atoms with E-state index in [1.54, 1.807) is 21.9 Å². The minimum Gasteiger partial charge on any atom is -0.353 e. The quantitative estimate of drug-likeness (QED) is 0.750. The molecule has 2 aromatic carbocycles. The molecule has 2 aromatic rings. The summed E-state index contributed by atoms with van der Waals surface area (Å²) in [5, 5.41) is 2.90. The number of likely N-dealkylation sites (tertiary alicyclic amines) is 1. The highest BCUT2D eigenvalue weighted by Crippen LogP contribution is 2.39. The number of carbonyl (C=O) groups is 3. The van der Waals surface area contributed by atoms with Crippen LogP contribution in [0.25, 0.3) is 0 Å². The summed E-state index contributed by atoms with van der Waals surface area (Å²) in [5.74, 6) is -1.10. The van der Waals surface area contributed by atoms with Gasteiger partial charge in [-0.05, 0) is 56.7 Å². The van der Waals surface area contributed by atoms with E-state index in [2.05, 4.69) is 5.32 Å². The zero-order chi connectivity index (χ0) is 24.5. The molecule has 2 aliphatic heterocycles. The van der Waals surface area contributed by atoms with Crippen molar-refractivity contribution in [2.75, 3.05) is 19.7 Å². The minimum absolute atomic E-state index is 0.0744. The van der Waals surface area contributed by atoms with Gasteiger partial charge in [0.15, 0.2) is 0 Å². The number of aryl methyl sites for hydroxylation is 1. The molecule has 0 bridgehead atoms. The first kappa shape index (κ1) is 23.9. The Morgan fingerprint density at radius 3 is 2.29 bits per heavy atom. The molecule has 180 valence electrons. The van der Waals surface area contributed by atoms with Crippen LogP contribution in [-0.2, 0) is 9.53 Å². The van der Waals surface area contributed by atoms with Crippen LogP contribution in [0.3, 0.4) is 0 Å². The molecule has 2 heterocycles. The number of halogens is 1. The topological polar surface area (TPSA) is 79.0 Å². The molecule has 3 amide bonds. The maximum Gasteiger partial charge on any atom is 0.257 e. The molecule has 0 aromatic heterocycles. The molecule has 2 aliphatic rings. The SMILES string of the molecule is Cc1ccccc1C(=O)N1[C@@H](C(=O)NC(C)C)COC12CCN(C(=O)c1ccc(F)cc1)CC2. The van der Waals surface area contributed by atoms with Gasteiger partial charge < -0.3 is 15.0 Å². The number of amides is 3. The Hall–Kier alpha value is -3.26. The van der Waals surface area contributed by atoms with Gasteiger partial charge in [0.2, 0.25) is 5.91 Å².